The van der Waals surface area contributed by atoms with Crippen LogP contribution < -0.4 is 4.74 Å². The lowest BCUT2D eigenvalue weighted by molar-refractivity contribution is 0.215. The van der Waals surface area contributed by atoms with Crippen molar-refractivity contribution in [1.82, 2.24) is 15.4 Å². The maximum Gasteiger partial charge on any atom is 0.124 e. The van der Waals surface area contributed by atoms with E-state index in [1.54, 1.807) is 31.4 Å². The Morgan fingerprint density at radius 3 is 2.60 bits per heavy atom. The average Bonchev–Trinajstić information content (AvgIpc) is 2.82. The third-order valence-electron chi connectivity index (χ3n) is 2.15. The van der Waals surface area contributed by atoms with Crippen LogP contribution in [0.15, 0.2) is 30.5 Å². The first-order valence-electron chi connectivity index (χ1n) is 4.49. The van der Waals surface area contributed by atoms with Crippen LogP contribution in [0.25, 0.3) is 0 Å². The monoisotopic (exact) mass is 205 g/mol. The molecule has 1 heterocycles. The number of ether oxygens (including phenoxy) is 1. The van der Waals surface area contributed by atoms with Gasteiger partial charge in [-0.25, -0.2) is 0 Å². The van der Waals surface area contributed by atoms with Crippen molar-refractivity contribution >= 4 is 0 Å². The van der Waals surface area contributed by atoms with E-state index in [1.165, 1.54) is 6.20 Å². The van der Waals surface area contributed by atoms with Gasteiger partial charge in [-0.1, -0.05) is 12.1 Å². The third-order valence-corrected chi connectivity index (χ3v) is 2.15. The number of aromatic amines is 1. The van der Waals surface area contributed by atoms with Crippen LogP contribution in [0.3, 0.4) is 0 Å². The van der Waals surface area contributed by atoms with E-state index in [9.17, 15) is 5.11 Å². The minimum absolute atomic E-state index is 0.500. The topological polar surface area (TPSA) is 71.0 Å². The Morgan fingerprint density at radius 1 is 1.33 bits per heavy atom. The minimum atomic E-state index is -0.755. The molecule has 15 heavy (non-hydrogen) atoms. The van der Waals surface area contributed by atoms with E-state index in [4.69, 9.17) is 4.74 Å². The Bertz CT molecular complexity index is 411. The van der Waals surface area contributed by atoms with Crippen molar-refractivity contribution in [2.45, 2.75) is 6.10 Å². The van der Waals surface area contributed by atoms with Crippen molar-refractivity contribution < 1.29 is 9.84 Å². The van der Waals surface area contributed by atoms with Gasteiger partial charge in [0.15, 0.2) is 0 Å². The SMILES string of the molecule is COc1ccc(C(O)c2cn[nH]n2)cc1. The molecule has 0 fully saturated rings. The van der Waals surface area contributed by atoms with Gasteiger partial charge in [-0.05, 0) is 17.7 Å². The van der Waals surface area contributed by atoms with E-state index in [2.05, 4.69) is 15.4 Å². The first-order valence-corrected chi connectivity index (χ1v) is 4.49. The number of aliphatic hydroxyl groups excluding tert-OH is 1. The molecule has 0 aliphatic heterocycles. The highest BCUT2D eigenvalue weighted by atomic mass is 16.5. The first-order chi connectivity index (χ1) is 7.31. The second-order valence-corrected chi connectivity index (χ2v) is 3.07. The van der Waals surface area contributed by atoms with Gasteiger partial charge in [-0.3, -0.25) is 0 Å². The maximum atomic E-state index is 9.88. The van der Waals surface area contributed by atoms with Crippen LogP contribution in [0.4, 0.5) is 0 Å². The molecule has 5 nitrogen and oxygen atoms in total. The van der Waals surface area contributed by atoms with Crippen LogP contribution in [0.1, 0.15) is 17.4 Å². The predicted molar refractivity (Wildman–Crippen MR) is 53.4 cm³/mol. The quantitative estimate of drug-likeness (QED) is 0.780. The summed E-state index contributed by atoms with van der Waals surface area (Å²) in [6.07, 6.45) is 0.740. The summed E-state index contributed by atoms with van der Waals surface area (Å²) < 4.78 is 5.02. The molecule has 2 rings (SSSR count). The molecule has 78 valence electrons. The number of nitrogens with one attached hydrogen (secondary N) is 1. The molecule has 0 aliphatic rings. The van der Waals surface area contributed by atoms with Gasteiger partial charge in [0, 0.05) is 0 Å². The second-order valence-electron chi connectivity index (χ2n) is 3.07. The lowest BCUT2D eigenvalue weighted by Gasteiger charge is -2.07. The molecule has 0 saturated heterocycles. The zero-order valence-electron chi connectivity index (χ0n) is 8.21. The van der Waals surface area contributed by atoms with Gasteiger partial charge in [0.05, 0.1) is 13.3 Å². The predicted octanol–water partition coefficient (Wildman–Crippen LogP) is 0.895. The van der Waals surface area contributed by atoms with Crippen molar-refractivity contribution in [2.75, 3.05) is 7.11 Å². The fourth-order valence-electron chi connectivity index (χ4n) is 1.30. The summed E-state index contributed by atoms with van der Waals surface area (Å²) in [7, 11) is 1.60. The summed E-state index contributed by atoms with van der Waals surface area (Å²) in [6, 6.07) is 7.16. The fraction of sp³-hybridized carbons (Fsp3) is 0.200. The van der Waals surface area contributed by atoms with E-state index in [-0.39, 0.29) is 0 Å². The molecule has 1 aromatic carbocycles. The lowest BCUT2D eigenvalue weighted by atomic mass is 10.1. The number of hydrogen-bond acceptors (Lipinski definition) is 4. The highest BCUT2D eigenvalue weighted by Gasteiger charge is 2.12. The van der Waals surface area contributed by atoms with Crippen LogP contribution in [-0.4, -0.2) is 27.6 Å². The fourth-order valence-corrected chi connectivity index (χ4v) is 1.30. The van der Waals surface area contributed by atoms with Crippen molar-refractivity contribution in [1.29, 1.82) is 0 Å². The molecule has 0 aliphatic carbocycles. The first kappa shape index (κ1) is 9.67. The van der Waals surface area contributed by atoms with Gasteiger partial charge in [-0.2, -0.15) is 15.4 Å². The van der Waals surface area contributed by atoms with Gasteiger partial charge < -0.3 is 9.84 Å². The molecule has 5 heteroatoms. The lowest BCUT2D eigenvalue weighted by Crippen LogP contribution is -1.99. The number of benzene rings is 1. The minimum Gasteiger partial charge on any atom is -0.497 e. The van der Waals surface area contributed by atoms with Crippen LogP contribution in [-0.2, 0) is 0 Å². The zero-order chi connectivity index (χ0) is 10.7. The van der Waals surface area contributed by atoms with Crippen molar-refractivity contribution in [3.63, 3.8) is 0 Å². The van der Waals surface area contributed by atoms with E-state index in [0.29, 0.717) is 5.69 Å². The molecule has 1 aromatic heterocycles. The largest absolute Gasteiger partial charge is 0.497 e. The molecule has 0 spiro atoms. The number of rotatable bonds is 3. The van der Waals surface area contributed by atoms with Gasteiger partial charge in [0.25, 0.3) is 0 Å². The van der Waals surface area contributed by atoms with Crippen molar-refractivity contribution in [2.24, 2.45) is 0 Å². The zero-order valence-corrected chi connectivity index (χ0v) is 8.21. The highest BCUT2D eigenvalue weighted by Crippen LogP contribution is 2.21. The van der Waals surface area contributed by atoms with E-state index in [1.807, 2.05) is 0 Å². The Hall–Kier alpha value is -1.88. The molecule has 1 unspecified atom stereocenters. The summed E-state index contributed by atoms with van der Waals surface area (Å²) in [5.41, 5.74) is 1.25. The Labute approximate surface area is 86.7 Å². The van der Waals surface area contributed by atoms with Crippen LogP contribution >= 0.6 is 0 Å². The average molecular weight is 205 g/mol. The summed E-state index contributed by atoms with van der Waals surface area (Å²) in [6.45, 7) is 0. The number of aliphatic hydroxyl groups is 1. The van der Waals surface area contributed by atoms with Crippen molar-refractivity contribution in [3.05, 3.63) is 41.7 Å². The molecule has 0 radical (unpaired) electrons. The molecular formula is C10H11N3O2. The van der Waals surface area contributed by atoms with Crippen LogP contribution in [0.5, 0.6) is 5.75 Å². The molecule has 2 aromatic rings. The number of aromatic nitrogens is 3. The number of methoxy groups -OCH3 is 1. The van der Waals surface area contributed by atoms with Crippen molar-refractivity contribution in [3.8, 4) is 5.75 Å². The molecule has 0 bridgehead atoms. The maximum absolute atomic E-state index is 9.88. The third kappa shape index (κ3) is 1.97. The Morgan fingerprint density at radius 2 is 2.07 bits per heavy atom. The second kappa shape index (κ2) is 4.10. The molecule has 2 N–H and O–H groups in total. The number of H-pyrrole nitrogens is 1. The molecule has 0 amide bonds. The highest BCUT2D eigenvalue weighted by molar-refractivity contribution is 5.31. The number of hydrogen-bond donors (Lipinski definition) is 2. The Balaban J connectivity index is 2.22. The molecular weight excluding hydrogens is 194 g/mol. The normalized spacial score (nSPS) is 12.4. The molecule has 1 atom stereocenters. The summed E-state index contributed by atoms with van der Waals surface area (Å²) >= 11 is 0. The standard InChI is InChI=1S/C10H11N3O2/c1-15-8-4-2-7(3-5-8)10(14)9-6-11-13-12-9/h2-6,10,14H,1H3,(H,11,12,13). The van der Waals surface area contributed by atoms with Gasteiger partial charge in [0.1, 0.15) is 17.5 Å². The van der Waals surface area contributed by atoms with Gasteiger partial charge >= 0.3 is 0 Å². The summed E-state index contributed by atoms with van der Waals surface area (Å²) in [5.74, 6) is 0.756. The summed E-state index contributed by atoms with van der Waals surface area (Å²) in [5, 5.41) is 19.8. The smallest absolute Gasteiger partial charge is 0.124 e. The van der Waals surface area contributed by atoms with Crippen LogP contribution in [0, 0.1) is 0 Å². The van der Waals surface area contributed by atoms with Crippen LogP contribution in [0.2, 0.25) is 0 Å². The number of nitrogens with zero attached hydrogens (tertiary/aromatic N) is 2. The Kier molecular flexibility index (Phi) is 2.64. The van der Waals surface area contributed by atoms with Gasteiger partial charge in [0.2, 0.25) is 0 Å². The van der Waals surface area contributed by atoms with E-state index in [0.717, 1.165) is 11.3 Å². The van der Waals surface area contributed by atoms with E-state index < -0.39 is 6.10 Å². The van der Waals surface area contributed by atoms with E-state index >= 15 is 0 Å². The molecule has 0 saturated carbocycles. The van der Waals surface area contributed by atoms with Gasteiger partial charge in [-0.15, -0.1) is 0 Å². The summed E-state index contributed by atoms with van der Waals surface area (Å²) in [4.78, 5) is 0.